The zero-order chi connectivity index (χ0) is 25.1. The van der Waals surface area contributed by atoms with Crippen molar-refractivity contribution in [3.8, 4) is 10.8 Å². The van der Waals surface area contributed by atoms with Gasteiger partial charge in [0, 0.05) is 36.9 Å². The molecule has 0 radical (unpaired) electrons. The first-order valence-corrected chi connectivity index (χ1v) is 13.1. The number of benzene rings is 1. The summed E-state index contributed by atoms with van der Waals surface area (Å²) in [6.45, 7) is 4.26. The lowest BCUT2D eigenvalue weighted by atomic mass is 9.93. The molecule has 2 atom stereocenters. The molecular weight excluding hydrogens is 488 g/mol. The Morgan fingerprint density at radius 1 is 1.19 bits per heavy atom. The summed E-state index contributed by atoms with van der Waals surface area (Å²) in [7, 11) is 0. The average molecular weight is 518 g/mol. The highest BCUT2D eigenvalue weighted by Gasteiger charge is 2.29. The van der Waals surface area contributed by atoms with Crippen LogP contribution in [0.5, 0.6) is 10.8 Å². The van der Waals surface area contributed by atoms with Gasteiger partial charge in [-0.25, -0.2) is 18.4 Å². The smallest absolute Gasteiger partial charge is 0.243 e. The van der Waals surface area contributed by atoms with Crippen LogP contribution < -0.4 is 10.1 Å². The predicted molar refractivity (Wildman–Crippen MR) is 131 cm³/mol. The van der Waals surface area contributed by atoms with Crippen LogP contribution in [0.15, 0.2) is 36.7 Å². The maximum atomic E-state index is 13.4. The van der Waals surface area contributed by atoms with Crippen molar-refractivity contribution in [2.24, 2.45) is 0 Å². The number of thiazole rings is 1. The molecule has 2 aromatic heterocycles. The summed E-state index contributed by atoms with van der Waals surface area (Å²) in [5, 5.41) is 8.30. The topological polar surface area (TPSA) is 81.5 Å². The van der Waals surface area contributed by atoms with Gasteiger partial charge >= 0.3 is 0 Å². The van der Waals surface area contributed by atoms with Crippen LogP contribution in [-0.2, 0) is 9.53 Å². The Labute approximate surface area is 212 Å². The van der Waals surface area contributed by atoms with Crippen molar-refractivity contribution < 1.29 is 23.0 Å². The first-order chi connectivity index (χ1) is 17.4. The van der Waals surface area contributed by atoms with Gasteiger partial charge in [0.25, 0.3) is 0 Å². The van der Waals surface area contributed by atoms with E-state index in [9.17, 15) is 13.6 Å². The summed E-state index contributed by atoms with van der Waals surface area (Å²) < 4.78 is 40.0. The Morgan fingerprint density at radius 2 is 1.97 bits per heavy atom. The van der Waals surface area contributed by atoms with Gasteiger partial charge in [-0.1, -0.05) is 11.3 Å². The second-order valence-electron chi connectivity index (χ2n) is 9.21. The number of rotatable bonds is 7. The number of halogens is 2. The Bertz CT molecular complexity index is 1170. The molecule has 0 bridgehead atoms. The van der Waals surface area contributed by atoms with E-state index in [2.05, 4.69) is 21.3 Å². The summed E-state index contributed by atoms with van der Waals surface area (Å²) in [4.78, 5) is 19.2. The van der Waals surface area contributed by atoms with E-state index in [4.69, 9.17) is 14.6 Å². The Balaban J connectivity index is 1.11. The van der Waals surface area contributed by atoms with Gasteiger partial charge in [0.1, 0.15) is 23.6 Å². The van der Waals surface area contributed by atoms with Gasteiger partial charge < -0.3 is 14.8 Å². The highest BCUT2D eigenvalue weighted by atomic mass is 32.1. The fraction of sp³-hybridized carbons (Fsp3) is 0.480. The molecule has 3 aromatic rings. The van der Waals surface area contributed by atoms with Gasteiger partial charge in [0.15, 0.2) is 5.13 Å². The van der Waals surface area contributed by atoms with E-state index in [-0.39, 0.29) is 23.9 Å². The standard InChI is InChI=1S/C25H29F2N5O3S/c1-16(24(33)29-25-28-15-23(36-25)35-20-13-18(26)12-19(27)14-20)31-8-5-17(6-9-31)21-7-10-32(30-21)22-4-2-3-11-34-22/h7,10,12-17,22H,2-6,8-9,11H2,1H3,(H,28,29,33)/t16-,22?/m0/s1. The number of carbonyl (C=O) groups is 1. The van der Waals surface area contributed by atoms with Gasteiger partial charge in [-0.2, -0.15) is 5.10 Å². The van der Waals surface area contributed by atoms with Crippen molar-refractivity contribution in [1.82, 2.24) is 19.7 Å². The molecule has 0 aliphatic carbocycles. The third-order valence-electron chi connectivity index (χ3n) is 6.72. The minimum atomic E-state index is -0.729. The lowest BCUT2D eigenvalue weighted by molar-refractivity contribution is -0.121. The fourth-order valence-electron chi connectivity index (χ4n) is 4.69. The van der Waals surface area contributed by atoms with Crippen LogP contribution in [0.25, 0.3) is 0 Å². The second kappa shape index (κ2) is 11.0. The van der Waals surface area contributed by atoms with Gasteiger partial charge in [-0.05, 0) is 58.2 Å². The van der Waals surface area contributed by atoms with Crippen molar-refractivity contribution in [3.63, 3.8) is 0 Å². The molecule has 2 saturated heterocycles. The number of hydrogen-bond acceptors (Lipinski definition) is 7. The number of nitrogens with one attached hydrogen (secondary N) is 1. The Kier molecular flexibility index (Phi) is 7.59. The molecule has 1 unspecified atom stereocenters. The molecule has 5 rings (SSSR count). The van der Waals surface area contributed by atoms with Crippen LogP contribution in [0, 0.1) is 11.6 Å². The van der Waals surface area contributed by atoms with Crippen molar-refractivity contribution >= 4 is 22.4 Å². The molecule has 11 heteroatoms. The molecule has 1 aromatic carbocycles. The number of ether oxygens (including phenoxy) is 2. The highest BCUT2D eigenvalue weighted by molar-refractivity contribution is 7.17. The summed E-state index contributed by atoms with van der Waals surface area (Å²) in [5.74, 6) is -1.22. The zero-order valence-electron chi connectivity index (χ0n) is 20.0. The molecule has 4 heterocycles. The van der Waals surface area contributed by atoms with Crippen LogP contribution >= 0.6 is 11.3 Å². The maximum Gasteiger partial charge on any atom is 0.243 e. The molecule has 36 heavy (non-hydrogen) atoms. The number of hydrogen-bond donors (Lipinski definition) is 1. The number of aromatic nitrogens is 3. The highest BCUT2D eigenvalue weighted by Crippen LogP contribution is 2.32. The molecule has 2 aliphatic rings. The lowest BCUT2D eigenvalue weighted by Crippen LogP contribution is -2.45. The lowest BCUT2D eigenvalue weighted by Gasteiger charge is -2.34. The second-order valence-corrected chi connectivity index (χ2v) is 10.2. The molecule has 192 valence electrons. The Morgan fingerprint density at radius 3 is 2.69 bits per heavy atom. The van der Waals surface area contributed by atoms with Gasteiger partial charge in [0.05, 0.1) is 17.9 Å². The number of nitrogens with zero attached hydrogens (tertiary/aromatic N) is 4. The molecule has 0 saturated carbocycles. The minimum Gasteiger partial charge on any atom is -0.445 e. The maximum absolute atomic E-state index is 13.4. The Hall–Kier alpha value is -2.89. The van der Waals surface area contributed by atoms with E-state index < -0.39 is 11.6 Å². The summed E-state index contributed by atoms with van der Waals surface area (Å²) in [6.07, 6.45) is 8.62. The first kappa shape index (κ1) is 24.8. The van der Waals surface area contributed by atoms with Crippen molar-refractivity contribution in [2.45, 2.75) is 57.2 Å². The molecule has 0 spiro atoms. The van der Waals surface area contributed by atoms with Crippen LogP contribution in [0.1, 0.15) is 56.9 Å². The number of likely N-dealkylation sites (tertiary alicyclic amines) is 1. The van der Waals surface area contributed by atoms with Crippen LogP contribution in [0.4, 0.5) is 13.9 Å². The summed E-state index contributed by atoms with van der Waals surface area (Å²) >= 11 is 1.09. The van der Waals surface area contributed by atoms with Crippen molar-refractivity contribution in [2.75, 3.05) is 25.0 Å². The number of amides is 1. The summed E-state index contributed by atoms with van der Waals surface area (Å²) in [5.41, 5.74) is 1.09. The van der Waals surface area contributed by atoms with E-state index in [0.717, 1.165) is 80.6 Å². The van der Waals surface area contributed by atoms with Crippen molar-refractivity contribution in [1.29, 1.82) is 0 Å². The van der Waals surface area contributed by atoms with Crippen LogP contribution in [-0.4, -0.2) is 51.3 Å². The van der Waals surface area contributed by atoms with E-state index in [0.29, 0.717) is 16.1 Å². The van der Waals surface area contributed by atoms with Crippen molar-refractivity contribution in [3.05, 3.63) is 54.0 Å². The van der Waals surface area contributed by atoms with Crippen LogP contribution in [0.3, 0.4) is 0 Å². The minimum absolute atomic E-state index is 0.0290. The van der Waals surface area contributed by atoms with E-state index >= 15 is 0 Å². The SMILES string of the molecule is C[C@@H](C(=O)Nc1ncc(Oc2cc(F)cc(F)c2)s1)N1CCC(c2ccn(C3CCCCO3)n2)CC1. The number of carbonyl (C=O) groups excluding carboxylic acids is 1. The molecule has 1 N–H and O–H groups in total. The van der Waals surface area contributed by atoms with Gasteiger partial charge in [0.2, 0.25) is 11.0 Å². The fourth-order valence-corrected chi connectivity index (χ4v) is 5.38. The first-order valence-electron chi connectivity index (χ1n) is 12.3. The van der Waals surface area contributed by atoms with E-state index in [1.165, 1.54) is 12.6 Å². The molecular formula is C25H29F2N5O3S. The molecule has 2 aliphatic heterocycles. The number of anilines is 1. The third-order valence-corrected chi connectivity index (χ3v) is 7.51. The van der Waals surface area contributed by atoms with E-state index in [1.54, 1.807) is 0 Å². The molecule has 2 fully saturated rings. The largest absolute Gasteiger partial charge is 0.445 e. The quantitative estimate of drug-likeness (QED) is 0.457. The van der Waals surface area contributed by atoms with Crippen LogP contribution in [0.2, 0.25) is 0 Å². The third kappa shape index (κ3) is 5.91. The molecule has 1 amide bonds. The van der Waals surface area contributed by atoms with Gasteiger partial charge in [-0.15, -0.1) is 0 Å². The normalized spacial score (nSPS) is 20.2. The molecule has 8 nitrogen and oxygen atoms in total. The predicted octanol–water partition coefficient (Wildman–Crippen LogP) is 5.32. The average Bonchev–Trinajstić information content (AvgIpc) is 3.54. The zero-order valence-corrected chi connectivity index (χ0v) is 20.8. The summed E-state index contributed by atoms with van der Waals surface area (Å²) in [6, 6.07) is 4.70. The number of piperidine rings is 1. The monoisotopic (exact) mass is 517 g/mol. The van der Waals surface area contributed by atoms with Gasteiger partial charge in [-0.3, -0.25) is 9.69 Å². The van der Waals surface area contributed by atoms with E-state index in [1.807, 2.05) is 17.8 Å².